The number of amides is 2. The van der Waals surface area contributed by atoms with Gasteiger partial charge in [-0.15, -0.1) is 0 Å². The predicted octanol–water partition coefficient (Wildman–Crippen LogP) is 2.65. The minimum Gasteiger partial charge on any atom is -0.348 e. The van der Waals surface area contributed by atoms with Crippen molar-refractivity contribution in [2.24, 2.45) is 0 Å². The van der Waals surface area contributed by atoms with E-state index in [9.17, 15) is 27.2 Å². The highest BCUT2D eigenvalue weighted by Crippen LogP contribution is 2.18. The van der Waals surface area contributed by atoms with Crippen molar-refractivity contribution >= 4 is 17.5 Å². The third kappa shape index (κ3) is 5.11. The van der Waals surface area contributed by atoms with Gasteiger partial charge in [0.05, 0.1) is 18.4 Å². The van der Waals surface area contributed by atoms with E-state index in [1.165, 1.54) is 0 Å². The molecule has 158 valence electrons. The second kappa shape index (κ2) is 9.03. The Hall–Kier alpha value is -2.95. The van der Waals surface area contributed by atoms with Crippen molar-refractivity contribution in [2.75, 3.05) is 25.0 Å². The number of rotatable bonds is 6. The maximum atomic E-state index is 13.8. The number of carbonyl (C=O) groups is 2. The Morgan fingerprint density at radius 3 is 2.48 bits per heavy atom. The van der Waals surface area contributed by atoms with Crippen molar-refractivity contribution in [2.45, 2.75) is 25.3 Å². The molecular formula is C18H21F4N5O2. The lowest BCUT2D eigenvalue weighted by Crippen LogP contribution is -2.46. The fourth-order valence-electron chi connectivity index (χ4n) is 3.17. The zero-order valence-corrected chi connectivity index (χ0v) is 15.2. The normalized spacial score (nSPS) is 15.5. The Bertz CT molecular complexity index is 867. The van der Waals surface area contributed by atoms with E-state index < -0.39 is 35.4 Å². The number of aromatic nitrogens is 2. The molecule has 29 heavy (non-hydrogen) atoms. The summed E-state index contributed by atoms with van der Waals surface area (Å²) in [6, 6.07) is 2.79. The number of benzene rings is 1. The molecule has 0 atom stereocenters. The summed E-state index contributed by atoms with van der Waals surface area (Å²) < 4.78 is 52.4. The van der Waals surface area contributed by atoms with Crippen LogP contribution in [0.2, 0.25) is 0 Å². The summed E-state index contributed by atoms with van der Waals surface area (Å²) >= 11 is 0. The molecule has 1 saturated heterocycles. The fraction of sp³-hybridized carbons (Fsp3) is 0.389. The summed E-state index contributed by atoms with van der Waals surface area (Å²) in [7, 11) is 0. The van der Waals surface area contributed by atoms with Crippen LogP contribution in [0.4, 0.5) is 23.2 Å². The van der Waals surface area contributed by atoms with E-state index in [0.717, 1.165) is 24.4 Å². The molecule has 11 heteroatoms. The summed E-state index contributed by atoms with van der Waals surface area (Å²) in [5.74, 6) is -3.70. The number of anilines is 1. The van der Waals surface area contributed by atoms with E-state index in [1.807, 2.05) is 0 Å². The standard InChI is InChI=1S/C18H19F4N5O2.H2/c19-11-2-1-3-12(20)15(11)17(28)25-13-8-23-26-16(13)18(29)24-10-4-6-27(7-5-10)9-14(21)22;/h1-3,8,10,14H,4-7,9H2,(H,23,26)(H,24,29)(H,25,28);1H. The Morgan fingerprint density at radius 2 is 1.86 bits per heavy atom. The number of halogens is 4. The van der Waals surface area contributed by atoms with Gasteiger partial charge in [-0.2, -0.15) is 5.10 Å². The summed E-state index contributed by atoms with van der Waals surface area (Å²) in [5.41, 5.74) is -0.887. The minimum absolute atomic E-state index is 0. The van der Waals surface area contributed by atoms with Crippen molar-refractivity contribution in [3.63, 3.8) is 0 Å². The van der Waals surface area contributed by atoms with Crippen LogP contribution in [0.3, 0.4) is 0 Å². The topological polar surface area (TPSA) is 90.1 Å². The molecule has 0 bridgehead atoms. The van der Waals surface area contributed by atoms with Crippen LogP contribution < -0.4 is 10.6 Å². The maximum Gasteiger partial charge on any atom is 0.271 e. The van der Waals surface area contributed by atoms with E-state index >= 15 is 0 Å². The third-order valence-corrected chi connectivity index (χ3v) is 4.62. The first-order chi connectivity index (χ1) is 13.8. The molecule has 0 radical (unpaired) electrons. The quantitative estimate of drug-likeness (QED) is 0.633. The highest BCUT2D eigenvalue weighted by molar-refractivity contribution is 6.08. The number of hydrogen-bond donors (Lipinski definition) is 3. The second-order valence-electron chi connectivity index (χ2n) is 6.65. The minimum atomic E-state index is -2.41. The van der Waals surface area contributed by atoms with E-state index in [1.54, 1.807) is 4.90 Å². The van der Waals surface area contributed by atoms with Gasteiger partial charge in [0, 0.05) is 20.6 Å². The van der Waals surface area contributed by atoms with Crippen molar-refractivity contribution in [1.29, 1.82) is 0 Å². The molecule has 1 aromatic carbocycles. The lowest BCUT2D eigenvalue weighted by Gasteiger charge is -2.31. The first kappa shape index (κ1) is 20.8. The first-order valence-electron chi connectivity index (χ1n) is 8.95. The van der Waals surface area contributed by atoms with Crippen molar-refractivity contribution in [3.05, 3.63) is 47.3 Å². The van der Waals surface area contributed by atoms with Crippen LogP contribution in [0.15, 0.2) is 24.4 Å². The van der Waals surface area contributed by atoms with Gasteiger partial charge in [0.2, 0.25) is 0 Å². The van der Waals surface area contributed by atoms with Crippen LogP contribution in [0, 0.1) is 11.6 Å². The Kier molecular flexibility index (Phi) is 6.47. The molecule has 2 heterocycles. The summed E-state index contributed by atoms with van der Waals surface area (Å²) in [6.45, 7) is 0.548. The number of hydrogen-bond acceptors (Lipinski definition) is 4. The van der Waals surface area contributed by atoms with Gasteiger partial charge in [-0.05, 0) is 25.0 Å². The summed E-state index contributed by atoms with van der Waals surface area (Å²) in [5, 5.41) is 11.2. The molecule has 1 aliphatic rings. The van der Waals surface area contributed by atoms with Crippen LogP contribution in [0.25, 0.3) is 0 Å². The Balaban J connectivity index is 0.00000320. The molecule has 2 aromatic rings. The van der Waals surface area contributed by atoms with Gasteiger partial charge in [-0.25, -0.2) is 17.6 Å². The van der Waals surface area contributed by atoms with Crippen molar-refractivity contribution in [1.82, 2.24) is 20.4 Å². The lowest BCUT2D eigenvalue weighted by molar-refractivity contribution is 0.0695. The molecule has 0 saturated carbocycles. The van der Waals surface area contributed by atoms with Gasteiger partial charge >= 0.3 is 0 Å². The van der Waals surface area contributed by atoms with Crippen LogP contribution >= 0.6 is 0 Å². The smallest absolute Gasteiger partial charge is 0.271 e. The molecule has 1 aliphatic heterocycles. The molecule has 0 unspecified atom stereocenters. The number of nitrogens with one attached hydrogen (secondary N) is 3. The van der Waals surface area contributed by atoms with E-state index in [-0.39, 0.29) is 25.4 Å². The Labute approximate surface area is 164 Å². The van der Waals surface area contributed by atoms with Crippen LogP contribution in [0.1, 0.15) is 35.1 Å². The number of carbonyl (C=O) groups excluding carboxylic acids is 2. The second-order valence-corrected chi connectivity index (χ2v) is 6.65. The van der Waals surface area contributed by atoms with Gasteiger partial charge in [-0.3, -0.25) is 19.6 Å². The van der Waals surface area contributed by atoms with E-state index in [2.05, 4.69) is 20.8 Å². The number of aromatic amines is 1. The molecule has 0 aliphatic carbocycles. The monoisotopic (exact) mass is 415 g/mol. The number of likely N-dealkylation sites (tertiary alicyclic amines) is 1. The highest BCUT2D eigenvalue weighted by atomic mass is 19.3. The van der Waals surface area contributed by atoms with Crippen LogP contribution in [0.5, 0.6) is 0 Å². The van der Waals surface area contributed by atoms with Gasteiger partial charge in [0.1, 0.15) is 22.9 Å². The fourth-order valence-corrected chi connectivity index (χ4v) is 3.17. The molecule has 3 N–H and O–H groups in total. The number of alkyl halides is 2. The summed E-state index contributed by atoms with van der Waals surface area (Å²) in [4.78, 5) is 26.3. The Morgan fingerprint density at radius 1 is 1.21 bits per heavy atom. The van der Waals surface area contributed by atoms with Gasteiger partial charge in [-0.1, -0.05) is 6.07 Å². The molecule has 0 spiro atoms. The predicted molar refractivity (Wildman–Crippen MR) is 97.9 cm³/mol. The van der Waals surface area contributed by atoms with Crippen molar-refractivity contribution in [3.8, 4) is 0 Å². The maximum absolute atomic E-state index is 13.8. The SMILES string of the molecule is O=C(NC1CCN(CC(F)F)CC1)c1[nH]ncc1NC(=O)c1c(F)cccc1F.[HH]. The van der Waals surface area contributed by atoms with Gasteiger partial charge in [0.15, 0.2) is 0 Å². The zero-order valence-electron chi connectivity index (χ0n) is 15.2. The van der Waals surface area contributed by atoms with Crippen LogP contribution in [-0.2, 0) is 0 Å². The number of nitrogens with zero attached hydrogens (tertiary/aromatic N) is 2. The molecule has 2 amide bonds. The van der Waals surface area contributed by atoms with E-state index in [0.29, 0.717) is 25.9 Å². The number of piperidine rings is 1. The summed E-state index contributed by atoms with van der Waals surface area (Å²) in [6.07, 6.45) is -0.267. The molecule has 1 aromatic heterocycles. The van der Waals surface area contributed by atoms with Crippen LogP contribution in [-0.4, -0.2) is 59.0 Å². The van der Waals surface area contributed by atoms with Crippen molar-refractivity contribution < 1.29 is 28.6 Å². The molecule has 1 fully saturated rings. The van der Waals surface area contributed by atoms with Gasteiger partial charge < -0.3 is 10.6 Å². The number of H-pyrrole nitrogens is 1. The lowest BCUT2D eigenvalue weighted by atomic mass is 10.0. The van der Waals surface area contributed by atoms with Gasteiger partial charge in [0.25, 0.3) is 18.2 Å². The molecular weight excluding hydrogens is 394 g/mol. The molecule has 7 nitrogen and oxygen atoms in total. The largest absolute Gasteiger partial charge is 0.348 e. The molecule has 3 rings (SSSR count). The average Bonchev–Trinajstić information content (AvgIpc) is 3.11. The average molecular weight is 415 g/mol. The zero-order chi connectivity index (χ0) is 21.0. The highest BCUT2D eigenvalue weighted by Gasteiger charge is 2.25. The van der Waals surface area contributed by atoms with E-state index in [4.69, 9.17) is 0 Å². The third-order valence-electron chi connectivity index (χ3n) is 4.62. The first-order valence-corrected chi connectivity index (χ1v) is 8.95.